The van der Waals surface area contributed by atoms with Crippen molar-refractivity contribution in [2.24, 2.45) is 0 Å². The van der Waals surface area contributed by atoms with Crippen LogP contribution in [-0.2, 0) is 14.3 Å². The Bertz CT molecular complexity index is 672. The summed E-state index contributed by atoms with van der Waals surface area (Å²) in [7, 11) is 2.92. The van der Waals surface area contributed by atoms with Gasteiger partial charge in [0.15, 0.2) is 5.58 Å². The number of fused-ring (bicyclic) bond motifs is 1. The maximum Gasteiger partial charge on any atom is 0.328 e. The van der Waals surface area contributed by atoms with Crippen LogP contribution in [0.5, 0.6) is 0 Å². The summed E-state index contributed by atoms with van der Waals surface area (Å²) < 4.78 is 28.9. The summed E-state index contributed by atoms with van der Waals surface area (Å²) in [6.07, 6.45) is 0.386. The molecular weight excluding hydrogens is 279 g/mol. The first kappa shape index (κ1) is 13.8. The third-order valence-electron chi connectivity index (χ3n) is 3.65. The SMILES string of the molecule is COC(=O)[C@@H]1C[C@@H](OC)CN1c1nc2cc(F)ccc2o1. The number of nitrogens with zero attached hydrogens (tertiary/aromatic N) is 2. The maximum absolute atomic E-state index is 13.2. The van der Waals surface area contributed by atoms with Crippen LogP contribution >= 0.6 is 0 Å². The zero-order valence-electron chi connectivity index (χ0n) is 11.7. The van der Waals surface area contributed by atoms with E-state index in [-0.39, 0.29) is 23.9 Å². The Morgan fingerprint density at radius 1 is 1.48 bits per heavy atom. The normalized spacial score (nSPS) is 22.0. The fourth-order valence-corrected chi connectivity index (χ4v) is 2.55. The molecule has 1 fully saturated rings. The van der Waals surface area contributed by atoms with Crippen molar-refractivity contribution in [1.29, 1.82) is 0 Å². The third kappa shape index (κ3) is 2.44. The van der Waals surface area contributed by atoms with E-state index >= 15 is 0 Å². The van der Waals surface area contributed by atoms with Crippen LogP contribution in [0.25, 0.3) is 11.1 Å². The van der Waals surface area contributed by atoms with Crippen molar-refractivity contribution < 1.29 is 23.1 Å². The highest BCUT2D eigenvalue weighted by Crippen LogP contribution is 2.30. The van der Waals surface area contributed by atoms with Crippen molar-refractivity contribution in [3.63, 3.8) is 0 Å². The van der Waals surface area contributed by atoms with Crippen molar-refractivity contribution in [2.45, 2.75) is 18.6 Å². The average molecular weight is 294 g/mol. The first-order chi connectivity index (χ1) is 10.1. The van der Waals surface area contributed by atoms with Crippen LogP contribution in [0.2, 0.25) is 0 Å². The minimum Gasteiger partial charge on any atom is -0.467 e. The number of benzene rings is 1. The minimum absolute atomic E-state index is 0.110. The molecule has 21 heavy (non-hydrogen) atoms. The first-order valence-electron chi connectivity index (χ1n) is 6.55. The summed E-state index contributed by atoms with van der Waals surface area (Å²) in [4.78, 5) is 17.8. The van der Waals surface area contributed by atoms with Crippen molar-refractivity contribution >= 4 is 23.1 Å². The van der Waals surface area contributed by atoms with Crippen molar-refractivity contribution in [3.8, 4) is 0 Å². The van der Waals surface area contributed by atoms with Crippen LogP contribution in [0.15, 0.2) is 22.6 Å². The molecule has 2 atom stereocenters. The highest BCUT2D eigenvalue weighted by atomic mass is 19.1. The molecule has 2 aromatic rings. The molecule has 2 heterocycles. The molecule has 112 valence electrons. The van der Waals surface area contributed by atoms with E-state index in [4.69, 9.17) is 13.9 Å². The number of rotatable bonds is 3. The number of hydrogen-bond donors (Lipinski definition) is 0. The van der Waals surface area contributed by atoms with Crippen molar-refractivity contribution in [3.05, 3.63) is 24.0 Å². The molecule has 1 aromatic carbocycles. The van der Waals surface area contributed by atoms with E-state index in [9.17, 15) is 9.18 Å². The number of methoxy groups -OCH3 is 2. The number of esters is 1. The van der Waals surface area contributed by atoms with E-state index in [1.165, 1.54) is 25.3 Å². The van der Waals surface area contributed by atoms with Gasteiger partial charge in [0, 0.05) is 26.1 Å². The third-order valence-corrected chi connectivity index (χ3v) is 3.65. The molecule has 1 aliphatic heterocycles. The lowest BCUT2D eigenvalue weighted by atomic mass is 10.2. The lowest BCUT2D eigenvalue weighted by molar-refractivity contribution is -0.142. The Kier molecular flexibility index (Phi) is 3.50. The van der Waals surface area contributed by atoms with E-state index < -0.39 is 6.04 Å². The molecular formula is C14H15FN2O4. The summed E-state index contributed by atoms with van der Waals surface area (Å²) in [5, 5.41) is 0. The van der Waals surface area contributed by atoms with Crippen molar-refractivity contribution in [1.82, 2.24) is 4.98 Å². The molecule has 0 amide bonds. The maximum atomic E-state index is 13.2. The van der Waals surface area contributed by atoms with E-state index in [2.05, 4.69) is 4.98 Å². The van der Waals surface area contributed by atoms with Gasteiger partial charge < -0.3 is 18.8 Å². The smallest absolute Gasteiger partial charge is 0.328 e. The fourth-order valence-electron chi connectivity index (χ4n) is 2.55. The molecule has 0 aliphatic carbocycles. The second kappa shape index (κ2) is 5.33. The van der Waals surface area contributed by atoms with Gasteiger partial charge in [0.2, 0.25) is 0 Å². The van der Waals surface area contributed by atoms with Crippen LogP contribution in [0.4, 0.5) is 10.4 Å². The second-order valence-electron chi connectivity index (χ2n) is 4.89. The summed E-state index contributed by atoms with van der Waals surface area (Å²) in [6, 6.07) is 3.86. The molecule has 1 aliphatic rings. The standard InChI is InChI=1S/C14H15FN2O4/c1-19-9-6-11(13(18)20-2)17(7-9)14-16-10-5-8(15)3-4-12(10)21-14/h3-5,9,11H,6-7H2,1-2H3/t9-,11+/m1/s1. The Labute approximate surface area is 120 Å². The van der Waals surface area contributed by atoms with E-state index in [1.807, 2.05) is 0 Å². The van der Waals surface area contributed by atoms with Gasteiger partial charge in [-0.2, -0.15) is 4.98 Å². The first-order valence-corrected chi connectivity index (χ1v) is 6.55. The van der Waals surface area contributed by atoms with Crippen LogP contribution in [0.1, 0.15) is 6.42 Å². The molecule has 1 aromatic heterocycles. The molecule has 1 saturated heterocycles. The van der Waals surface area contributed by atoms with Gasteiger partial charge in [-0.25, -0.2) is 9.18 Å². The molecule has 0 N–H and O–H groups in total. The summed E-state index contributed by atoms with van der Waals surface area (Å²) in [5.74, 6) is -0.758. The summed E-state index contributed by atoms with van der Waals surface area (Å²) >= 11 is 0. The van der Waals surface area contributed by atoms with Crippen LogP contribution in [0, 0.1) is 5.82 Å². The largest absolute Gasteiger partial charge is 0.467 e. The monoisotopic (exact) mass is 294 g/mol. The van der Waals surface area contributed by atoms with Gasteiger partial charge in [0.05, 0.1) is 13.2 Å². The summed E-state index contributed by atoms with van der Waals surface area (Å²) in [6.45, 7) is 0.464. The predicted molar refractivity (Wildman–Crippen MR) is 72.5 cm³/mol. The Balaban J connectivity index is 1.96. The van der Waals surface area contributed by atoms with E-state index in [0.717, 1.165) is 0 Å². The molecule has 0 saturated carbocycles. The zero-order chi connectivity index (χ0) is 15.0. The van der Waals surface area contributed by atoms with Crippen LogP contribution in [-0.4, -0.2) is 43.9 Å². The number of aromatic nitrogens is 1. The van der Waals surface area contributed by atoms with Gasteiger partial charge in [-0.1, -0.05) is 0 Å². The number of oxazole rings is 1. The number of carbonyl (C=O) groups excluding carboxylic acids is 1. The lowest BCUT2D eigenvalue weighted by Crippen LogP contribution is -2.37. The molecule has 3 rings (SSSR count). The molecule has 7 heteroatoms. The quantitative estimate of drug-likeness (QED) is 0.803. The van der Waals surface area contributed by atoms with Gasteiger partial charge >= 0.3 is 5.97 Å². The fraction of sp³-hybridized carbons (Fsp3) is 0.429. The van der Waals surface area contributed by atoms with Gasteiger partial charge in [0.25, 0.3) is 6.01 Å². The second-order valence-corrected chi connectivity index (χ2v) is 4.89. The Morgan fingerprint density at radius 3 is 3.00 bits per heavy atom. The van der Waals surface area contributed by atoms with Gasteiger partial charge in [-0.15, -0.1) is 0 Å². The minimum atomic E-state index is -0.516. The molecule has 0 unspecified atom stereocenters. The topological polar surface area (TPSA) is 64.8 Å². The molecule has 0 bridgehead atoms. The van der Waals surface area contributed by atoms with E-state index in [1.54, 1.807) is 12.0 Å². The highest BCUT2D eigenvalue weighted by molar-refractivity contribution is 5.81. The predicted octanol–water partition coefficient (Wildman–Crippen LogP) is 1.73. The molecule has 6 nitrogen and oxygen atoms in total. The number of carbonyl (C=O) groups is 1. The number of ether oxygens (including phenoxy) is 2. The van der Waals surface area contributed by atoms with Gasteiger partial charge in [-0.3, -0.25) is 0 Å². The number of halogens is 1. The molecule has 0 radical (unpaired) electrons. The van der Waals surface area contributed by atoms with Crippen molar-refractivity contribution in [2.75, 3.05) is 25.7 Å². The number of anilines is 1. The Hall–Kier alpha value is -2.15. The molecule has 0 spiro atoms. The van der Waals surface area contributed by atoms with E-state index in [0.29, 0.717) is 24.1 Å². The highest BCUT2D eigenvalue weighted by Gasteiger charge is 2.40. The van der Waals surface area contributed by atoms with Gasteiger partial charge in [-0.05, 0) is 12.1 Å². The van der Waals surface area contributed by atoms with Gasteiger partial charge in [0.1, 0.15) is 17.4 Å². The average Bonchev–Trinajstić information content (AvgIpc) is 3.09. The number of hydrogen-bond acceptors (Lipinski definition) is 6. The van der Waals surface area contributed by atoms with Crippen LogP contribution in [0.3, 0.4) is 0 Å². The zero-order valence-corrected chi connectivity index (χ0v) is 11.7. The Morgan fingerprint density at radius 2 is 2.29 bits per heavy atom. The van der Waals surface area contributed by atoms with Crippen LogP contribution < -0.4 is 4.90 Å². The lowest BCUT2D eigenvalue weighted by Gasteiger charge is -2.19. The summed E-state index contributed by atoms with van der Waals surface area (Å²) in [5.41, 5.74) is 0.880.